The summed E-state index contributed by atoms with van der Waals surface area (Å²) in [5.41, 5.74) is 0.576. The van der Waals surface area contributed by atoms with E-state index in [0.717, 1.165) is 17.7 Å². The molecule has 0 aliphatic carbocycles. The second kappa shape index (κ2) is 8.54. The summed E-state index contributed by atoms with van der Waals surface area (Å²) in [5, 5.41) is 6.09. The minimum Gasteiger partial charge on any atom is -0.334 e. The van der Waals surface area contributed by atoms with Crippen molar-refractivity contribution in [2.24, 2.45) is 0 Å². The number of carbonyl (C=O) groups is 2. The molecule has 0 saturated carbocycles. The van der Waals surface area contributed by atoms with Gasteiger partial charge in [-0.2, -0.15) is 11.3 Å². The van der Waals surface area contributed by atoms with Crippen LogP contribution in [0.1, 0.15) is 18.9 Å². The molecule has 2 rings (SSSR count). The van der Waals surface area contributed by atoms with E-state index >= 15 is 0 Å². The van der Waals surface area contributed by atoms with E-state index in [0.29, 0.717) is 13.0 Å². The lowest BCUT2D eigenvalue weighted by Gasteiger charge is -2.20. The van der Waals surface area contributed by atoms with Crippen LogP contribution in [0.25, 0.3) is 0 Å². The van der Waals surface area contributed by atoms with Crippen molar-refractivity contribution in [2.45, 2.75) is 19.8 Å². The van der Waals surface area contributed by atoms with Crippen molar-refractivity contribution >= 4 is 28.8 Å². The fourth-order valence-corrected chi connectivity index (χ4v) is 2.89. The van der Waals surface area contributed by atoms with E-state index < -0.39 is 23.2 Å². The van der Waals surface area contributed by atoms with Gasteiger partial charge in [0.25, 0.3) is 0 Å². The van der Waals surface area contributed by atoms with Crippen LogP contribution < -0.4 is 5.32 Å². The number of rotatable bonds is 7. The smallest absolute Gasteiger partial charge is 0.244 e. The number of amides is 2. The molecule has 24 heavy (non-hydrogen) atoms. The van der Waals surface area contributed by atoms with Gasteiger partial charge < -0.3 is 10.2 Å². The molecule has 0 fully saturated rings. The van der Waals surface area contributed by atoms with Crippen LogP contribution in [0.5, 0.6) is 0 Å². The van der Waals surface area contributed by atoms with Gasteiger partial charge in [0, 0.05) is 13.0 Å². The Balaban J connectivity index is 1.91. The summed E-state index contributed by atoms with van der Waals surface area (Å²) in [6.07, 6.45) is 0.883. The molecule has 0 unspecified atom stereocenters. The van der Waals surface area contributed by atoms with Crippen molar-refractivity contribution in [3.8, 4) is 0 Å². The second-order valence-corrected chi connectivity index (χ2v) is 5.96. The Kier molecular flexibility index (Phi) is 6.43. The highest BCUT2D eigenvalue weighted by Crippen LogP contribution is 2.18. The topological polar surface area (TPSA) is 49.4 Å². The number of aryl methyl sites for hydroxylation is 1. The molecule has 0 saturated heterocycles. The zero-order valence-corrected chi connectivity index (χ0v) is 14.0. The van der Waals surface area contributed by atoms with Crippen LogP contribution in [-0.4, -0.2) is 29.8 Å². The maximum absolute atomic E-state index is 13.5. The second-order valence-electron chi connectivity index (χ2n) is 5.18. The Morgan fingerprint density at radius 3 is 2.50 bits per heavy atom. The van der Waals surface area contributed by atoms with Gasteiger partial charge in [-0.3, -0.25) is 9.59 Å². The molecule has 7 heteroatoms. The van der Waals surface area contributed by atoms with Crippen molar-refractivity contribution in [1.82, 2.24) is 4.90 Å². The monoisotopic (exact) mass is 352 g/mol. The number of halogens is 2. The summed E-state index contributed by atoms with van der Waals surface area (Å²) in [7, 11) is 0. The molecule has 0 atom stereocenters. The number of hydrogen-bond acceptors (Lipinski definition) is 3. The number of nitrogens with zero attached hydrogens (tertiary/aromatic N) is 1. The Hall–Kier alpha value is -2.28. The Bertz CT molecular complexity index is 684. The maximum Gasteiger partial charge on any atom is 0.244 e. The summed E-state index contributed by atoms with van der Waals surface area (Å²) in [6.45, 7) is 1.85. The minimum absolute atomic E-state index is 0.173. The van der Waals surface area contributed by atoms with Crippen LogP contribution in [0, 0.1) is 11.6 Å². The maximum atomic E-state index is 13.5. The van der Waals surface area contributed by atoms with Crippen LogP contribution >= 0.6 is 11.3 Å². The largest absolute Gasteiger partial charge is 0.334 e. The van der Waals surface area contributed by atoms with Gasteiger partial charge in [-0.1, -0.05) is 6.07 Å². The van der Waals surface area contributed by atoms with Crippen LogP contribution in [0.3, 0.4) is 0 Å². The third-order valence-corrected chi connectivity index (χ3v) is 4.24. The van der Waals surface area contributed by atoms with Gasteiger partial charge in [-0.15, -0.1) is 0 Å². The average molecular weight is 352 g/mol. The molecule has 2 amide bonds. The van der Waals surface area contributed by atoms with Crippen molar-refractivity contribution in [3.05, 3.63) is 52.2 Å². The Labute approximate surface area is 143 Å². The van der Waals surface area contributed by atoms with Gasteiger partial charge in [0.2, 0.25) is 11.8 Å². The number of para-hydroxylation sites is 1. The minimum atomic E-state index is -0.852. The van der Waals surface area contributed by atoms with Gasteiger partial charge >= 0.3 is 0 Å². The fraction of sp³-hybridized carbons (Fsp3) is 0.294. The lowest BCUT2D eigenvalue weighted by molar-refractivity contribution is -0.134. The van der Waals surface area contributed by atoms with Gasteiger partial charge in [-0.05, 0) is 47.9 Å². The first kappa shape index (κ1) is 18.1. The third-order valence-electron chi connectivity index (χ3n) is 3.50. The number of thiophene rings is 1. The van der Waals surface area contributed by atoms with Crippen molar-refractivity contribution in [2.75, 3.05) is 18.4 Å². The highest BCUT2D eigenvalue weighted by molar-refractivity contribution is 7.07. The molecule has 4 nitrogen and oxygen atoms in total. The average Bonchev–Trinajstić information content (AvgIpc) is 3.07. The lowest BCUT2D eigenvalue weighted by Crippen LogP contribution is -2.38. The van der Waals surface area contributed by atoms with E-state index in [1.165, 1.54) is 11.0 Å². The Morgan fingerprint density at radius 2 is 1.92 bits per heavy atom. The van der Waals surface area contributed by atoms with E-state index in [4.69, 9.17) is 0 Å². The van der Waals surface area contributed by atoms with E-state index in [2.05, 4.69) is 5.32 Å². The van der Waals surface area contributed by atoms with E-state index in [-0.39, 0.29) is 18.9 Å². The molecule has 1 aromatic heterocycles. The van der Waals surface area contributed by atoms with Gasteiger partial charge in [-0.25, -0.2) is 8.78 Å². The molecular weight excluding hydrogens is 334 g/mol. The summed E-state index contributed by atoms with van der Waals surface area (Å²) in [4.78, 5) is 25.5. The number of benzene rings is 1. The quantitative estimate of drug-likeness (QED) is 0.830. The molecular formula is C17H18F2N2O2S. The zero-order chi connectivity index (χ0) is 17.5. The van der Waals surface area contributed by atoms with Gasteiger partial charge in [0.15, 0.2) is 0 Å². The van der Waals surface area contributed by atoms with E-state index in [1.807, 2.05) is 16.8 Å². The van der Waals surface area contributed by atoms with Crippen LogP contribution in [0.2, 0.25) is 0 Å². The van der Waals surface area contributed by atoms with Crippen molar-refractivity contribution < 1.29 is 18.4 Å². The molecule has 2 aromatic rings. The molecule has 1 aromatic carbocycles. The van der Waals surface area contributed by atoms with Gasteiger partial charge in [0.05, 0.1) is 6.54 Å². The van der Waals surface area contributed by atoms with Gasteiger partial charge in [0.1, 0.15) is 17.3 Å². The molecule has 1 N–H and O–H groups in total. The predicted molar refractivity (Wildman–Crippen MR) is 89.9 cm³/mol. The summed E-state index contributed by atoms with van der Waals surface area (Å²) in [5.74, 6) is -2.51. The first-order chi connectivity index (χ1) is 11.5. The number of anilines is 1. The zero-order valence-electron chi connectivity index (χ0n) is 13.2. The first-order valence-corrected chi connectivity index (χ1v) is 8.48. The number of hydrogen-bond donors (Lipinski definition) is 1. The predicted octanol–water partition coefficient (Wildman–Crippen LogP) is 3.45. The molecule has 0 aliphatic rings. The van der Waals surface area contributed by atoms with E-state index in [9.17, 15) is 18.4 Å². The van der Waals surface area contributed by atoms with Crippen LogP contribution in [0.15, 0.2) is 35.0 Å². The molecule has 0 bridgehead atoms. The molecule has 0 radical (unpaired) electrons. The normalized spacial score (nSPS) is 10.5. The molecule has 1 heterocycles. The summed E-state index contributed by atoms with van der Waals surface area (Å²) < 4.78 is 27.1. The fourth-order valence-electron chi connectivity index (χ4n) is 2.19. The molecule has 128 valence electrons. The van der Waals surface area contributed by atoms with Crippen molar-refractivity contribution in [1.29, 1.82) is 0 Å². The van der Waals surface area contributed by atoms with Crippen LogP contribution in [0.4, 0.5) is 14.5 Å². The highest BCUT2D eigenvalue weighted by Gasteiger charge is 2.18. The molecule has 0 spiro atoms. The first-order valence-electron chi connectivity index (χ1n) is 7.54. The van der Waals surface area contributed by atoms with Crippen molar-refractivity contribution in [3.63, 3.8) is 0 Å². The third kappa shape index (κ3) is 4.86. The standard InChI is InChI=1S/C17H18F2N2O2S/c1-2-21(16(23)7-6-12-8-9-24-11-12)10-15(22)20-17-13(18)4-3-5-14(17)19/h3-5,8-9,11H,2,6-7,10H2,1H3,(H,20,22). The number of carbonyl (C=O) groups excluding carboxylic acids is 2. The summed E-state index contributed by atoms with van der Waals surface area (Å²) >= 11 is 1.56. The number of nitrogens with one attached hydrogen (secondary N) is 1. The lowest BCUT2D eigenvalue weighted by atomic mass is 10.2. The number of likely N-dealkylation sites (N-methyl/N-ethyl adjacent to an activating group) is 1. The summed E-state index contributed by atoms with van der Waals surface area (Å²) in [6, 6.07) is 5.28. The van der Waals surface area contributed by atoms with Crippen LogP contribution in [-0.2, 0) is 16.0 Å². The Morgan fingerprint density at radius 1 is 1.21 bits per heavy atom. The van der Waals surface area contributed by atoms with E-state index in [1.54, 1.807) is 18.3 Å². The SMILES string of the molecule is CCN(CC(=O)Nc1c(F)cccc1F)C(=O)CCc1ccsc1. The highest BCUT2D eigenvalue weighted by atomic mass is 32.1. The molecule has 0 aliphatic heterocycles.